The van der Waals surface area contributed by atoms with Crippen LogP contribution in [0.2, 0.25) is 0 Å². The van der Waals surface area contributed by atoms with Gasteiger partial charge in [-0.2, -0.15) is 0 Å². The topological polar surface area (TPSA) is 92.4 Å². The predicted molar refractivity (Wildman–Crippen MR) is 92.5 cm³/mol. The number of carbonyl (C=O) groups is 2. The maximum Gasteiger partial charge on any atom is 0.325 e. The zero-order chi connectivity index (χ0) is 16.8. The van der Waals surface area contributed by atoms with Gasteiger partial charge in [0, 0.05) is 24.2 Å². The summed E-state index contributed by atoms with van der Waals surface area (Å²) in [5, 5.41) is 10.1. The summed E-state index contributed by atoms with van der Waals surface area (Å²) < 4.78 is 5.46. The van der Waals surface area contributed by atoms with E-state index in [9.17, 15) is 9.59 Å². The first-order chi connectivity index (χ1) is 11.7. The fraction of sp³-hybridized carbons (Fsp3) is 0.312. The average Bonchev–Trinajstić information content (AvgIpc) is 3.25. The van der Waals surface area contributed by atoms with Crippen LogP contribution in [0.3, 0.4) is 0 Å². The maximum atomic E-state index is 12.0. The number of hydrogen-bond acceptors (Lipinski definition) is 5. The number of nitrogens with zero attached hydrogens (tertiary/aromatic N) is 1. The van der Waals surface area contributed by atoms with Gasteiger partial charge in [0.15, 0.2) is 5.13 Å². The molecule has 1 aliphatic rings. The number of rotatable bonds is 5. The Bertz CT molecular complexity index is 698. The summed E-state index contributed by atoms with van der Waals surface area (Å²) in [5.74, 6) is -0.265. The molecular weight excluding hydrogens is 328 g/mol. The Balaban J connectivity index is 1.49. The summed E-state index contributed by atoms with van der Waals surface area (Å²) in [6.45, 7) is 1.23. The van der Waals surface area contributed by atoms with E-state index in [-0.39, 0.29) is 17.7 Å². The standard InChI is InChI=1S/C16H18N4O3S/c21-14(17-9-12-7-4-8-23-12)13-10-24-16(19-13)20-15(22)18-11-5-2-1-3-6-11/h1-3,5-6,10,12H,4,7-9H2,(H,17,21)(H2,18,19,20,22)/t12-/m0/s1. The molecule has 8 heteroatoms. The van der Waals surface area contributed by atoms with Crippen LogP contribution < -0.4 is 16.0 Å². The molecule has 1 fully saturated rings. The molecule has 1 aromatic carbocycles. The number of benzene rings is 1. The molecule has 3 amide bonds. The molecule has 24 heavy (non-hydrogen) atoms. The monoisotopic (exact) mass is 346 g/mol. The lowest BCUT2D eigenvalue weighted by Crippen LogP contribution is -2.32. The fourth-order valence-electron chi connectivity index (χ4n) is 2.32. The lowest BCUT2D eigenvalue weighted by Gasteiger charge is -2.09. The molecule has 3 rings (SSSR count). The Morgan fingerprint density at radius 1 is 1.25 bits per heavy atom. The molecule has 1 aromatic heterocycles. The van der Waals surface area contributed by atoms with E-state index in [2.05, 4.69) is 20.9 Å². The van der Waals surface area contributed by atoms with E-state index in [1.54, 1.807) is 17.5 Å². The normalized spacial score (nSPS) is 16.6. The molecule has 2 aromatic rings. The summed E-state index contributed by atoms with van der Waals surface area (Å²) in [6.07, 6.45) is 2.08. The van der Waals surface area contributed by atoms with Crippen LogP contribution >= 0.6 is 11.3 Å². The molecule has 7 nitrogen and oxygen atoms in total. The number of aromatic nitrogens is 1. The van der Waals surface area contributed by atoms with Crippen LogP contribution in [0, 0.1) is 0 Å². The van der Waals surface area contributed by atoms with Gasteiger partial charge in [0.1, 0.15) is 5.69 Å². The van der Waals surface area contributed by atoms with E-state index in [1.165, 1.54) is 11.3 Å². The molecule has 0 spiro atoms. The first-order valence-corrected chi connectivity index (χ1v) is 8.57. The van der Waals surface area contributed by atoms with Crippen LogP contribution in [0.4, 0.5) is 15.6 Å². The van der Waals surface area contributed by atoms with Gasteiger partial charge >= 0.3 is 6.03 Å². The number of carbonyl (C=O) groups excluding carboxylic acids is 2. The summed E-state index contributed by atoms with van der Waals surface area (Å²) in [7, 11) is 0. The predicted octanol–water partition coefficient (Wildman–Crippen LogP) is 2.70. The van der Waals surface area contributed by atoms with E-state index >= 15 is 0 Å². The summed E-state index contributed by atoms with van der Waals surface area (Å²) >= 11 is 1.20. The van der Waals surface area contributed by atoms with E-state index in [4.69, 9.17) is 4.74 Å². The van der Waals surface area contributed by atoms with Gasteiger partial charge in [0.2, 0.25) is 0 Å². The first-order valence-electron chi connectivity index (χ1n) is 7.69. The average molecular weight is 346 g/mol. The van der Waals surface area contributed by atoms with E-state index < -0.39 is 6.03 Å². The van der Waals surface area contributed by atoms with Crippen molar-refractivity contribution >= 4 is 34.1 Å². The van der Waals surface area contributed by atoms with Crippen molar-refractivity contribution in [1.29, 1.82) is 0 Å². The van der Waals surface area contributed by atoms with Crippen LogP contribution in [-0.2, 0) is 4.74 Å². The Hall–Kier alpha value is -2.45. The first kappa shape index (κ1) is 16.4. The SMILES string of the molecule is O=C(Nc1ccccc1)Nc1nc(C(=O)NC[C@@H]2CCCO2)cs1. The van der Waals surface area contributed by atoms with Gasteiger partial charge in [-0.1, -0.05) is 18.2 Å². The Morgan fingerprint density at radius 3 is 2.83 bits per heavy atom. The van der Waals surface area contributed by atoms with Gasteiger partial charge in [-0.3, -0.25) is 10.1 Å². The van der Waals surface area contributed by atoms with E-state index in [0.717, 1.165) is 19.4 Å². The number of nitrogens with one attached hydrogen (secondary N) is 3. The molecule has 0 unspecified atom stereocenters. The largest absolute Gasteiger partial charge is 0.376 e. The molecule has 1 saturated heterocycles. The molecule has 1 atom stereocenters. The van der Waals surface area contributed by atoms with Crippen molar-refractivity contribution < 1.29 is 14.3 Å². The summed E-state index contributed by atoms with van der Waals surface area (Å²) in [4.78, 5) is 28.1. The number of para-hydroxylation sites is 1. The van der Waals surface area contributed by atoms with Crippen LogP contribution in [0.25, 0.3) is 0 Å². The highest BCUT2D eigenvalue weighted by molar-refractivity contribution is 7.14. The van der Waals surface area contributed by atoms with Crippen molar-refractivity contribution in [3.8, 4) is 0 Å². The third kappa shape index (κ3) is 4.53. The number of amides is 3. The minimum atomic E-state index is -0.401. The van der Waals surface area contributed by atoms with Crippen LogP contribution in [0.5, 0.6) is 0 Å². The lowest BCUT2D eigenvalue weighted by atomic mass is 10.2. The van der Waals surface area contributed by atoms with Gasteiger partial charge < -0.3 is 15.4 Å². The van der Waals surface area contributed by atoms with Crippen LogP contribution in [0.1, 0.15) is 23.3 Å². The fourth-order valence-corrected chi connectivity index (χ4v) is 3.00. The zero-order valence-corrected chi connectivity index (χ0v) is 13.8. The van der Waals surface area contributed by atoms with Gasteiger partial charge in [-0.15, -0.1) is 11.3 Å². The molecule has 1 aliphatic heterocycles. The second-order valence-corrected chi connectivity index (χ2v) is 6.19. The highest BCUT2D eigenvalue weighted by Crippen LogP contribution is 2.16. The van der Waals surface area contributed by atoms with Crippen molar-refractivity contribution in [2.45, 2.75) is 18.9 Å². The van der Waals surface area contributed by atoms with Crippen LogP contribution in [0.15, 0.2) is 35.7 Å². The number of hydrogen-bond donors (Lipinski definition) is 3. The summed E-state index contributed by atoms with van der Waals surface area (Å²) in [6, 6.07) is 8.69. The second kappa shape index (κ2) is 7.89. The minimum absolute atomic E-state index is 0.0850. The van der Waals surface area contributed by atoms with Crippen molar-refractivity contribution in [2.75, 3.05) is 23.8 Å². The molecule has 126 valence electrons. The molecule has 0 saturated carbocycles. The minimum Gasteiger partial charge on any atom is -0.376 e. The molecule has 0 aliphatic carbocycles. The number of anilines is 2. The Kier molecular flexibility index (Phi) is 5.39. The smallest absolute Gasteiger partial charge is 0.325 e. The molecular formula is C16H18N4O3S. The molecule has 0 radical (unpaired) electrons. The third-order valence-electron chi connectivity index (χ3n) is 3.50. The number of urea groups is 1. The van der Waals surface area contributed by atoms with Gasteiger partial charge in [0.25, 0.3) is 5.91 Å². The molecule has 0 bridgehead atoms. The van der Waals surface area contributed by atoms with Crippen molar-refractivity contribution in [2.24, 2.45) is 0 Å². The molecule has 2 heterocycles. The second-order valence-electron chi connectivity index (χ2n) is 5.33. The summed E-state index contributed by atoms with van der Waals surface area (Å²) in [5.41, 5.74) is 0.967. The number of ether oxygens (including phenoxy) is 1. The maximum absolute atomic E-state index is 12.0. The number of thiazole rings is 1. The quantitative estimate of drug-likeness (QED) is 0.776. The third-order valence-corrected chi connectivity index (χ3v) is 4.26. The lowest BCUT2D eigenvalue weighted by molar-refractivity contribution is 0.0854. The van der Waals surface area contributed by atoms with E-state index in [0.29, 0.717) is 17.4 Å². The van der Waals surface area contributed by atoms with Crippen LogP contribution in [-0.4, -0.2) is 36.2 Å². The van der Waals surface area contributed by atoms with Crippen molar-refractivity contribution in [3.63, 3.8) is 0 Å². The highest BCUT2D eigenvalue weighted by atomic mass is 32.1. The Morgan fingerprint density at radius 2 is 2.08 bits per heavy atom. The van der Waals surface area contributed by atoms with Crippen molar-refractivity contribution in [3.05, 3.63) is 41.4 Å². The Labute approximate surface area is 143 Å². The van der Waals surface area contributed by atoms with Gasteiger partial charge in [0.05, 0.1) is 6.10 Å². The highest BCUT2D eigenvalue weighted by Gasteiger charge is 2.18. The van der Waals surface area contributed by atoms with Gasteiger partial charge in [-0.05, 0) is 25.0 Å². The van der Waals surface area contributed by atoms with Crippen molar-refractivity contribution in [1.82, 2.24) is 10.3 Å². The molecule has 3 N–H and O–H groups in total. The zero-order valence-electron chi connectivity index (χ0n) is 13.0. The van der Waals surface area contributed by atoms with Gasteiger partial charge in [-0.25, -0.2) is 9.78 Å². The van der Waals surface area contributed by atoms with E-state index in [1.807, 2.05) is 18.2 Å².